The molecule has 0 bridgehead atoms. The van der Waals surface area contributed by atoms with Crippen LogP contribution in [0.1, 0.15) is 314 Å². The molecular formula is C78H126Na2O22P2. The van der Waals surface area contributed by atoms with Gasteiger partial charge in [0.25, 0.3) is 15.6 Å². The molecule has 2 heterocycles. The molecule has 22 nitrogen and oxygen atoms in total. The number of phosphoric ester groups is 2. The summed E-state index contributed by atoms with van der Waals surface area (Å²) in [5.41, 5.74) is 0.766. The van der Waals surface area contributed by atoms with Crippen molar-refractivity contribution in [3.63, 3.8) is 0 Å². The second-order valence-corrected chi connectivity index (χ2v) is 30.4. The molecule has 1 N–H and O–H groups in total. The fraction of sp³-hybridized carbons (Fsp3) is 0.744. The predicted molar refractivity (Wildman–Crippen MR) is 391 cm³/mol. The summed E-state index contributed by atoms with van der Waals surface area (Å²) in [6, 6.07) is 15.7. The number of carbonyl (C=O) groups excluding carboxylic acids is 5. The Morgan fingerprint density at radius 1 is 0.481 bits per heavy atom. The summed E-state index contributed by atoms with van der Waals surface area (Å²) < 4.78 is 83.6. The second-order valence-electron chi connectivity index (χ2n) is 27.6. The number of rotatable bonds is 61. The minimum atomic E-state index is -5.20. The molecule has 0 fully saturated rings. The second kappa shape index (κ2) is 60.7. The van der Waals surface area contributed by atoms with E-state index < -0.39 is 109 Å². The van der Waals surface area contributed by atoms with Gasteiger partial charge in [0.1, 0.15) is 42.4 Å². The first kappa shape index (κ1) is 99.0. The summed E-state index contributed by atoms with van der Waals surface area (Å²) >= 11 is 0. The number of benzene rings is 2. The van der Waals surface area contributed by atoms with Crippen LogP contribution in [0, 0.1) is 0 Å². The van der Waals surface area contributed by atoms with E-state index in [0.717, 1.165) is 114 Å². The fourth-order valence-electron chi connectivity index (χ4n) is 11.5. The van der Waals surface area contributed by atoms with Crippen molar-refractivity contribution in [3.8, 4) is 5.75 Å². The Hall–Kier alpha value is -3.02. The molecule has 5 unspecified atom stereocenters. The van der Waals surface area contributed by atoms with Crippen molar-refractivity contribution in [1.29, 1.82) is 0 Å². The van der Waals surface area contributed by atoms with Crippen molar-refractivity contribution in [2.45, 2.75) is 335 Å². The third-order valence-corrected chi connectivity index (χ3v) is 19.6. The van der Waals surface area contributed by atoms with E-state index in [1.165, 1.54) is 109 Å². The van der Waals surface area contributed by atoms with Crippen molar-refractivity contribution in [1.82, 2.24) is 0 Å². The van der Waals surface area contributed by atoms with Crippen LogP contribution in [0.5, 0.6) is 5.75 Å². The molecule has 0 amide bonds. The van der Waals surface area contributed by atoms with Gasteiger partial charge in [0, 0.05) is 49.6 Å². The summed E-state index contributed by atoms with van der Waals surface area (Å²) in [6.07, 6.45) is 34.5. The van der Waals surface area contributed by atoms with Crippen molar-refractivity contribution in [2.75, 3.05) is 39.6 Å². The molecule has 582 valence electrons. The van der Waals surface area contributed by atoms with E-state index in [9.17, 15) is 52.8 Å². The monoisotopic (exact) mass is 1520 g/mol. The summed E-state index contributed by atoms with van der Waals surface area (Å²) in [6.45, 7) is 8.04. The minimum Gasteiger partial charge on any atom is -0.756 e. The van der Waals surface area contributed by atoms with Crippen LogP contribution >= 0.6 is 15.6 Å². The van der Waals surface area contributed by atoms with E-state index in [1.807, 2.05) is 26.0 Å². The SMILES string of the molecule is CC(C)(OC(=O)c1ccccc1)C1Cc2cc3ccc(=O)oc3cc2O1.CCCCCCCCCCCC(=O)OCC(COP(=O)([O-])OCC(O)COP(=O)([O-])OCC(COC(=O)CCCCCCCCCCC)OC(=O)CCCCCCCCCCC)OC(=O)CCCCCCCCCCC.[Na+].[Na+]. The van der Waals surface area contributed by atoms with Gasteiger partial charge >= 0.3 is 94.6 Å². The molecule has 0 saturated heterocycles. The zero-order valence-corrected chi connectivity index (χ0v) is 70.4. The van der Waals surface area contributed by atoms with Gasteiger partial charge in [0.15, 0.2) is 12.2 Å². The van der Waals surface area contributed by atoms with Crippen molar-refractivity contribution in [2.24, 2.45) is 0 Å². The number of carbonyl (C=O) groups is 5. The third kappa shape index (κ3) is 49.2. The largest absolute Gasteiger partial charge is 1.00 e. The van der Waals surface area contributed by atoms with Gasteiger partial charge in [-0.3, -0.25) is 28.3 Å². The van der Waals surface area contributed by atoms with E-state index in [4.69, 9.17) is 50.9 Å². The van der Waals surface area contributed by atoms with Crippen LogP contribution in [0.2, 0.25) is 0 Å². The maximum atomic E-state index is 12.8. The summed E-state index contributed by atoms with van der Waals surface area (Å²) in [5, 5.41) is 11.3. The smallest absolute Gasteiger partial charge is 0.756 e. The van der Waals surface area contributed by atoms with E-state index in [0.29, 0.717) is 49.0 Å². The Morgan fingerprint density at radius 3 is 1.20 bits per heavy atom. The minimum absolute atomic E-state index is 0. The topological polar surface area (TPSA) is 308 Å². The summed E-state index contributed by atoms with van der Waals surface area (Å²) in [5.74, 6) is -1.97. The Morgan fingerprint density at radius 2 is 0.827 bits per heavy atom. The maximum Gasteiger partial charge on any atom is 1.00 e. The maximum absolute atomic E-state index is 12.8. The molecule has 1 aromatic heterocycles. The first-order valence-electron chi connectivity index (χ1n) is 38.7. The molecule has 26 heteroatoms. The number of ether oxygens (including phenoxy) is 6. The molecule has 3 aromatic rings. The first-order chi connectivity index (χ1) is 49.1. The van der Waals surface area contributed by atoms with Crippen LogP contribution < -0.4 is 79.3 Å². The summed E-state index contributed by atoms with van der Waals surface area (Å²) in [4.78, 5) is 100. The summed E-state index contributed by atoms with van der Waals surface area (Å²) in [7, 11) is -10.4. The van der Waals surface area contributed by atoms with Gasteiger partial charge in [0.2, 0.25) is 0 Å². The molecule has 0 aliphatic carbocycles. The quantitative estimate of drug-likeness (QED) is 0.0137. The number of fused-ring (bicyclic) bond motifs is 2. The molecule has 0 spiro atoms. The predicted octanol–water partition coefficient (Wildman–Crippen LogP) is 11.7. The number of phosphoric acid groups is 2. The van der Waals surface area contributed by atoms with Gasteiger partial charge in [-0.15, -0.1) is 0 Å². The van der Waals surface area contributed by atoms with Crippen molar-refractivity contribution in [3.05, 3.63) is 76.1 Å². The van der Waals surface area contributed by atoms with Crippen LogP contribution in [-0.4, -0.2) is 105 Å². The van der Waals surface area contributed by atoms with Crippen LogP contribution in [0.3, 0.4) is 0 Å². The third-order valence-electron chi connectivity index (χ3n) is 17.7. The molecule has 1 aliphatic rings. The van der Waals surface area contributed by atoms with E-state index in [2.05, 4.69) is 27.7 Å². The number of esters is 5. The molecule has 1 aliphatic heterocycles. The average Bonchev–Trinajstić information content (AvgIpc) is 1.62. The molecule has 0 radical (unpaired) electrons. The Bertz CT molecular complexity index is 2810. The van der Waals surface area contributed by atoms with E-state index in [-0.39, 0.29) is 96.9 Å². The zero-order chi connectivity index (χ0) is 74.5. The number of aliphatic hydroxyl groups is 1. The molecular weight excluding hydrogens is 1400 g/mol. The van der Waals surface area contributed by atoms with Crippen molar-refractivity contribution >= 4 is 56.5 Å². The number of hydrogen-bond acceptors (Lipinski definition) is 22. The molecule has 104 heavy (non-hydrogen) atoms. The Kier molecular flexibility index (Phi) is 57.8. The van der Waals surface area contributed by atoms with Gasteiger partial charge < -0.3 is 65.8 Å². The number of unbranched alkanes of at least 4 members (excludes halogenated alkanes) is 32. The Balaban J connectivity index is 0.00000159. The van der Waals surface area contributed by atoms with Crippen molar-refractivity contribution < 1.29 is 158 Å². The average molecular weight is 1520 g/mol. The fourth-order valence-corrected chi connectivity index (χ4v) is 13.1. The van der Waals surface area contributed by atoms with E-state index in [1.54, 1.807) is 36.4 Å². The molecule has 2 aromatic carbocycles. The first-order valence-corrected chi connectivity index (χ1v) is 41.6. The van der Waals surface area contributed by atoms with Crippen LogP contribution in [-0.2, 0) is 76.5 Å². The molecule has 0 saturated carbocycles. The van der Waals surface area contributed by atoms with Gasteiger partial charge in [0.05, 0.1) is 32.0 Å². The van der Waals surface area contributed by atoms with Gasteiger partial charge in [-0.05, 0) is 69.4 Å². The van der Waals surface area contributed by atoms with Gasteiger partial charge in [-0.25, -0.2) is 9.59 Å². The molecule has 5 atom stereocenters. The zero-order valence-electron chi connectivity index (χ0n) is 64.7. The van der Waals surface area contributed by atoms with Crippen LogP contribution in [0.15, 0.2) is 63.8 Å². The standard InChI is InChI=1S/C57H110O17P2.C21H18O5.2Na/c1-5-9-13-17-21-25-29-33-37-41-54(59)67-47-52(73-56(61)43-39-35-31-27-23-19-15-11-7-3)49-71-75(63,64)69-45-51(58)46-70-76(65,66)72-50-53(74-57(62)44-40-36-32-28-24-20-16-12-8-4)48-68-55(60)42-38-34-30-26-22-18-14-10-6-2;1-21(2,26-20(23)13-6-4-3-5-7-13)18-11-15-10-14-8-9-19(22)25-16(14)12-17(15)24-18;;/h51-53,58H,5-50H2,1-4H3,(H,63,64)(H,65,66);3-10,12,18H,11H2,1-2H3;;/q;;2*+1/p-2. The van der Waals surface area contributed by atoms with Crippen LogP contribution in [0.25, 0.3) is 11.0 Å². The van der Waals surface area contributed by atoms with Gasteiger partial charge in [-0.1, -0.05) is 251 Å². The Labute approximate surface area is 665 Å². The number of hydrogen-bond donors (Lipinski definition) is 1. The normalized spacial score (nSPS) is 14.5. The molecule has 4 rings (SSSR count). The number of aliphatic hydroxyl groups excluding tert-OH is 1. The van der Waals surface area contributed by atoms with E-state index >= 15 is 0 Å². The van der Waals surface area contributed by atoms with Gasteiger partial charge in [-0.2, -0.15) is 0 Å². The van der Waals surface area contributed by atoms with Crippen LogP contribution in [0.4, 0.5) is 0 Å².